The van der Waals surface area contributed by atoms with Crippen LogP contribution in [0.1, 0.15) is 17.4 Å². The number of amides is 1. The fourth-order valence-corrected chi connectivity index (χ4v) is 1.72. The number of nitrogens with one attached hydrogen (secondary N) is 2. The summed E-state index contributed by atoms with van der Waals surface area (Å²) in [5.74, 6) is 1.10. The third-order valence-electron chi connectivity index (χ3n) is 2.74. The standard InChI is InChI=1S/C16H18N4O2/c1-3-11-17-16(21)14-9-10-15(20-19-14)18-12-5-7-13(8-6-12)22-4-2/h3,5-10H,1,4,11H2,2H3,(H,17,21)(H,18,20). The molecule has 0 aliphatic heterocycles. The minimum Gasteiger partial charge on any atom is -0.494 e. The molecule has 1 heterocycles. The maximum atomic E-state index is 11.7. The molecular weight excluding hydrogens is 280 g/mol. The Labute approximate surface area is 129 Å². The Morgan fingerprint density at radius 3 is 2.59 bits per heavy atom. The second kappa shape index (κ2) is 7.78. The molecule has 1 aromatic heterocycles. The first-order valence-corrected chi connectivity index (χ1v) is 6.95. The van der Waals surface area contributed by atoms with E-state index >= 15 is 0 Å². The molecule has 1 amide bonds. The van der Waals surface area contributed by atoms with Crippen molar-refractivity contribution >= 4 is 17.4 Å². The summed E-state index contributed by atoms with van der Waals surface area (Å²) in [5, 5.41) is 13.6. The third-order valence-corrected chi connectivity index (χ3v) is 2.74. The first kappa shape index (κ1) is 15.5. The fraction of sp³-hybridized carbons (Fsp3) is 0.188. The van der Waals surface area contributed by atoms with Gasteiger partial charge in [-0.05, 0) is 43.3 Å². The Kier molecular flexibility index (Phi) is 5.48. The topological polar surface area (TPSA) is 76.1 Å². The predicted octanol–water partition coefficient (Wildman–Crippen LogP) is 2.53. The van der Waals surface area contributed by atoms with Gasteiger partial charge in [0.25, 0.3) is 5.91 Å². The third kappa shape index (κ3) is 4.31. The van der Waals surface area contributed by atoms with E-state index < -0.39 is 0 Å². The number of carbonyl (C=O) groups is 1. The van der Waals surface area contributed by atoms with Gasteiger partial charge in [0, 0.05) is 12.2 Å². The predicted molar refractivity (Wildman–Crippen MR) is 85.5 cm³/mol. The van der Waals surface area contributed by atoms with Crippen LogP contribution in [0.15, 0.2) is 49.1 Å². The number of carbonyl (C=O) groups excluding carboxylic acids is 1. The van der Waals surface area contributed by atoms with E-state index in [1.807, 2.05) is 31.2 Å². The van der Waals surface area contributed by atoms with Gasteiger partial charge in [-0.25, -0.2) is 0 Å². The molecule has 0 spiro atoms. The van der Waals surface area contributed by atoms with Crippen molar-refractivity contribution in [1.82, 2.24) is 15.5 Å². The van der Waals surface area contributed by atoms with Crippen LogP contribution in [0.4, 0.5) is 11.5 Å². The largest absolute Gasteiger partial charge is 0.494 e. The molecule has 0 atom stereocenters. The molecule has 0 aliphatic carbocycles. The molecular formula is C16H18N4O2. The zero-order valence-electron chi connectivity index (χ0n) is 12.4. The average molecular weight is 298 g/mol. The van der Waals surface area contributed by atoms with Crippen LogP contribution >= 0.6 is 0 Å². The molecule has 1 aromatic carbocycles. The SMILES string of the molecule is C=CCNC(=O)c1ccc(Nc2ccc(OCC)cc2)nn1. The van der Waals surface area contributed by atoms with Crippen LogP contribution in [-0.4, -0.2) is 29.3 Å². The van der Waals surface area contributed by atoms with Gasteiger partial charge in [0.1, 0.15) is 5.75 Å². The van der Waals surface area contributed by atoms with E-state index in [9.17, 15) is 4.79 Å². The summed E-state index contributed by atoms with van der Waals surface area (Å²) in [6.07, 6.45) is 1.60. The fourth-order valence-electron chi connectivity index (χ4n) is 1.72. The lowest BCUT2D eigenvalue weighted by Crippen LogP contribution is -2.24. The van der Waals surface area contributed by atoms with Crippen molar-refractivity contribution in [2.75, 3.05) is 18.5 Å². The van der Waals surface area contributed by atoms with E-state index in [1.165, 1.54) is 0 Å². The van der Waals surface area contributed by atoms with Gasteiger partial charge < -0.3 is 15.4 Å². The number of nitrogens with zero attached hydrogens (tertiary/aromatic N) is 2. The van der Waals surface area contributed by atoms with E-state index in [0.717, 1.165) is 11.4 Å². The Morgan fingerprint density at radius 2 is 2.00 bits per heavy atom. The molecule has 0 saturated heterocycles. The number of benzene rings is 1. The zero-order valence-corrected chi connectivity index (χ0v) is 12.4. The van der Waals surface area contributed by atoms with E-state index in [-0.39, 0.29) is 11.6 Å². The lowest BCUT2D eigenvalue weighted by atomic mass is 10.3. The van der Waals surface area contributed by atoms with Gasteiger partial charge in [0.15, 0.2) is 11.5 Å². The summed E-state index contributed by atoms with van der Waals surface area (Å²) in [5.41, 5.74) is 1.13. The highest BCUT2D eigenvalue weighted by Crippen LogP contribution is 2.18. The van der Waals surface area contributed by atoms with Crippen LogP contribution in [0.2, 0.25) is 0 Å². The van der Waals surface area contributed by atoms with E-state index in [4.69, 9.17) is 4.74 Å². The Bertz CT molecular complexity index is 624. The highest BCUT2D eigenvalue weighted by Gasteiger charge is 2.06. The van der Waals surface area contributed by atoms with Crippen molar-refractivity contribution < 1.29 is 9.53 Å². The molecule has 0 bridgehead atoms. The number of hydrogen-bond acceptors (Lipinski definition) is 5. The number of aromatic nitrogens is 2. The smallest absolute Gasteiger partial charge is 0.272 e. The minimum atomic E-state index is -0.278. The van der Waals surface area contributed by atoms with E-state index in [0.29, 0.717) is 19.0 Å². The van der Waals surface area contributed by atoms with Crippen molar-refractivity contribution in [3.05, 3.63) is 54.7 Å². The summed E-state index contributed by atoms with van der Waals surface area (Å²) >= 11 is 0. The lowest BCUT2D eigenvalue weighted by Gasteiger charge is -2.07. The van der Waals surface area contributed by atoms with Gasteiger partial charge in [0.2, 0.25) is 0 Å². The summed E-state index contributed by atoms with van der Waals surface area (Å²) in [4.78, 5) is 11.7. The van der Waals surface area contributed by atoms with Gasteiger partial charge in [-0.3, -0.25) is 4.79 Å². The maximum absolute atomic E-state index is 11.7. The van der Waals surface area contributed by atoms with E-state index in [1.54, 1.807) is 18.2 Å². The van der Waals surface area contributed by atoms with Crippen LogP contribution in [0, 0.1) is 0 Å². The summed E-state index contributed by atoms with van der Waals surface area (Å²) in [7, 11) is 0. The van der Waals surface area contributed by atoms with Crippen molar-refractivity contribution in [3.8, 4) is 5.75 Å². The molecule has 0 aliphatic rings. The van der Waals surface area contributed by atoms with Gasteiger partial charge in [-0.1, -0.05) is 6.08 Å². The molecule has 2 aromatic rings. The summed E-state index contributed by atoms with van der Waals surface area (Å²) in [6.45, 7) is 6.50. The zero-order chi connectivity index (χ0) is 15.8. The molecule has 0 radical (unpaired) electrons. The molecule has 22 heavy (non-hydrogen) atoms. The van der Waals surface area contributed by atoms with Gasteiger partial charge >= 0.3 is 0 Å². The Hall–Kier alpha value is -2.89. The van der Waals surface area contributed by atoms with Crippen molar-refractivity contribution in [2.45, 2.75) is 6.92 Å². The van der Waals surface area contributed by atoms with Gasteiger partial charge in [-0.15, -0.1) is 16.8 Å². The van der Waals surface area contributed by atoms with Crippen molar-refractivity contribution in [1.29, 1.82) is 0 Å². The molecule has 2 N–H and O–H groups in total. The molecule has 0 fully saturated rings. The minimum absolute atomic E-state index is 0.263. The molecule has 0 unspecified atom stereocenters. The molecule has 6 nitrogen and oxygen atoms in total. The highest BCUT2D eigenvalue weighted by molar-refractivity contribution is 5.92. The van der Waals surface area contributed by atoms with Crippen LogP contribution in [-0.2, 0) is 0 Å². The highest BCUT2D eigenvalue weighted by atomic mass is 16.5. The van der Waals surface area contributed by atoms with Crippen LogP contribution in [0.25, 0.3) is 0 Å². The normalized spacial score (nSPS) is 9.86. The maximum Gasteiger partial charge on any atom is 0.272 e. The molecule has 2 rings (SSSR count). The number of rotatable bonds is 7. The van der Waals surface area contributed by atoms with Crippen LogP contribution in [0.3, 0.4) is 0 Å². The van der Waals surface area contributed by atoms with Crippen molar-refractivity contribution in [3.63, 3.8) is 0 Å². The van der Waals surface area contributed by atoms with Crippen molar-refractivity contribution in [2.24, 2.45) is 0 Å². The number of hydrogen-bond donors (Lipinski definition) is 2. The average Bonchev–Trinajstić information content (AvgIpc) is 2.55. The second-order valence-electron chi connectivity index (χ2n) is 4.38. The van der Waals surface area contributed by atoms with Crippen LogP contribution < -0.4 is 15.4 Å². The quantitative estimate of drug-likeness (QED) is 0.768. The first-order chi connectivity index (χ1) is 10.7. The molecule has 114 valence electrons. The first-order valence-electron chi connectivity index (χ1n) is 6.95. The monoisotopic (exact) mass is 298 g/mol. The Morgan fingerprint density at radius 1 is 1.23 bits per heavy atom. The molecule has 0 saturated carbocycles. The van der Waals surface area contributed by atoms with Gasteiger partial charge in [0.05, 0.1) is 6.61 Å². The summed E-state index contributed by atoms with van der Waals surface area (Å²) < 4.78 is 5.38. The summed E-state index contributed by atoms with van der Waals surface area (Å²) in [6, 6.07) is 10.8. The van der Waals surface area contributed by atoms with Gasteiger partial charge in [-0.2, -0.15) is 0 Å². The lowest BCUT2D eigenvalue weighted by molar-refractivity contribution is 0.0952. The number of ether oxygens (including phenoxy) is 1. The number of anilines is 2. The van der Waals surface area contributed by atoms with E-state index in [2.05, 4.69) is 27.4 Å². The Balaban J connectivity index is 1.98. The second-order valence-corrected chi connectivity index (χ2v) is 4.38. The molecule has 6 heteroatoms. The van der Waals surface area contributed by atoms with Crippen LogP contribution in [0.5, 0.6) is 5.75 Å².